The molecule has 1 unspecified atom stereocenters. The lowest BCUT2D eigenvalue weighted by molar-refractivity contribution is 0.0940. The first-order valence-electron chi connectivity index (χ1n) is 6.72. The molecule has 0 fully saturated rings. The molecular formula is C15H19N3OS. The number of hydrogen-bond acceptors (Lipinski definition) is 4. The van der Waals surface area contributed by atoms with Gasteiger partial charge in [0.25, 0.3) is 5.91 Å². The molecule has 4 nitrogen and oxygen atoms in total. The van der Waals surface area contributed by atoms with Gasteiger partial charge in [-0.3, -0.25) is 4.79 Å². The van der Waals surface area contributed by atoms with Gasteiger partial charge in [-0.25, -0.2) is 4.98 Å². The molecule has 0 aromatic carbocycles. The van der Waals surface area contributed by atoms with Crippen LogP contribution < -0.4 is 10.6 Å². The SMILES string of the molecule is CCNc1ccc(C(=O)NC(C)Cc2cccs2)cn1. The van der Waals surface area contributed by atoms with Gasteiger partial charge < -0.3 is 10.6 Å². The van der Waals surface area contributed by atoms with Gasteiger partial charge >= 0.3 is 0 Å². The number of carbonyl (C=O) groups excluding carboxylic acids is 1. The van der Waals surface area contributed by atoms with Crippen LogP contribution in [0.4, 0.5) is 5.82 Å². The van der Waals surface area contributed by atoms with Crippen LogP contribution in [-0.4, -0.2) is 23.5 Å². The molecule has 0 radical (unpaired) electrons. The van der Waals surface area contributed by atoms with E-state index in [-0.39, 0.29) is 11.9 Å². The topological polar surface area (TPSA) is 54.0 Å². The predicted octanol–water partition coefficient (Wildman–Crippen LogP) is 2.94. The maximum atomic E-state index is 12.1. The zero-order chi connectivity index (χ0) is 14.4. The Kier molecular flexibility index (Phi) is 5.12. The van der Waals surface area contributed by atoms with Gasteiger partial charge in [0.05, 0.1) is 5.56 Å². The van der Waals surface area contributed by atoms with Crippen molar-refractivity contribution in [2.75, 3.05) is 11.9 Å². The molecule has 0 saturated carbocycles. The highest BCUT2D eigenvalue weighted by Gasteiger charge is 2.11. The van der Waals surface area contributed by atoms with Crippen molar-refractivity contribution in [2.24, 2.45) is 0 Å². The minimum Gasteiger partial charge on any atom is -0.370 e. The summed E-state index contributed by atoms with van der Waals surface area (Å²) in [6.07, 6.45) is 2.46. The predicted molar refractivity (Wildman–Crippen MR) is 83.4 cm³/mol. The molecule has 5 heteroatoms. The zero-order valence-electron chi connectivity index (χ0n) is 11.7. The fraction of sp³-hybridized carbons (Fsp3) is 0.333. The van der Waals surface area contributed by atoms with Gasteiger partial charge in [-0.2, -0.15) is 0 Å². The number of nitrogens with zero attached hydrogens (tertiary/aromatic N) is 1. The Morgan fingerprint density at radius 1 is 1.40 bits per heavy atom. The second-order valence-electron chi connectivity index (χ2n) is 4.62. The molecule has 2 aromatic heterocycles. The van der Waals surface area contributed by atoms with Gasteiger partial charge in [0.2, 0.25) is 0 Å². The molecule has 0 bridgehead atoms. The van der Waals surface area contributed by atoms with Crippen LogP contribution in [0.2, 0.25) is 0 Å². The van der Waals surface area contributed by atoms with Crippen molar-refractivity contribution in [3.05, 3.63) is 46.3 Å². The summed E-state index contributed by atoms with van der Waals surface area (Å²) in [4.78, 5) is 17.6. The van der Waals surface area contributed by atoms with Crippen molar-refractivity contribution in [1.82, 2.24) is 10.3 Å². The molecule has 2 N–H and O–H groups in total. The van der Waals surface area contributed by atoms with Gasteiger partial charge in [-0.05, 0) is 37.4 Å². The van der Waals surface area contributed by atoms with Crippen molar-refractivity contribution < 1.29 is 4.79 Å². The van der Waals surface area contributed by atoms with Crippen LogP contribution in [-0.2, 0) is 6.42 Å². The number of amides is 1. The Balaban J connectivity index is 1.90. The first kappa shape index (κ1) is 14.5. The molecule has 0 aliphatic heterocycles. The minimum absolute atomic E-state index is 0.0791. The fourth-order valence-electron chi connectivity index (χ4n) is 1.90. The highest BCUT2D eigenvalue weighted by molar-refractivity contribution is 7.09. The number of thiophene rings is 1. The summed E-state index contributed by atoms with van der Waals surface area (Å²) < 4.78 is 0. The van der Waals surface area contributed by atoms with Gasteiger partial charge in [0, 0.05) is 30.1 Å². The van der Waals surface area contributed by atoms with Crippen molar-refractivity contribution in [3.63, 3.8) is 0 Å². The highest BCUT2D eigenvalue weighted by Crippen LogP contribution is 2.11. The summed E-state index contributed by atoms with van der Waals surface area (Å²) in [6, 6.07) is 7.83. The standard InChI is InChI=1S/C15H19N3OS/c1-3-16-14-7-6-12(10-17-14)15(19)18-11(2)9-13-5-4-8-20-13/h4-8,10-11H,3,9H2,1-2H3,(H,16,17)(H,18,19). The molecular weight excluding hydrogens is 270 g/mol. The number of aromatic nitrogens is 1. The molecule has 106 valence electrons. The van der Waals surface area contributed by atoms with Crippen molar-refractivity contribution in [1.29, 1.82) is 0 Å². The van der Waals surface area contributed by atoms with Gasteiger partial charge in [-0.1, -0.05) is 6.07 Å². The zero-order valence-corrected chi connectivity index (χ0v) is 12.5. The molecule has 0 aliphatic rings. The van der Waals surface area contributed by atoms with Gasteiger partial charge in [0.15, 0.2) is 0 Å². The first-order valence-corrected chi connectivity index (χ1v) is 7.60. The maximum Gasteiger partial charge on any atom is 0.253 e. The van der Waals surface area contributed by atoms with E-state index >= 15 is 0 Å². The van der Waals surface area contributed by atoms with Crippen molar-refractivity contribution in [2.45, 2.75) is 26.3 Å². The van der Waals surface area contributed by atoms with E-state index in [0.29, 0.717) is 5.56 Å². The number of rotatable bonds is 6. The third kappa shape index (κ3) is 4.06. The smallest absolute Gasteiger partial charge is 0.253 e. The van der Waals surface area contributed by atoms with Crippen LogP contribution in [0, 0.1) is 0 Å². The quantitative estimate of drug-likeness (QED) is 0.859. The van der Waals surface area contributed by atoms with Crippen molar-refractivity contribution >= 4 is 23.1 Å². The summed E-state index contributed by atoms with van der Waals surface area (Å²) in [5.41, 5.74) is 0.588. The van der Waals surface area contributed by atoms with Gasteiger partial charge in [-0.15, -0.1) is 11.3 Å². The van der Waals surface area contributed by atoms with E-state index in [1.54, 1.807) is 23.6 Å². The van der Waals surface area contributed by atoms with Crippen molar-refractivity contribution in [3.8, 4) is 0 Å². The Hall–Kier alpha value is -1.88. The van der Waals surface area contributed by atoms with Crippen LogP contribution in [0.25, 0.3) is 0 Å². The lowest BCUT2D eigenvalue weighted by atomic mass is 10.2. The minimum atomic E-state index is -0.0791. The molecule has 2 aromatic rings. The number of pyridine rings is 1. The summed E-state index contributed by atoms with van der Waals surface area (Å²) in [7, 11) is 0. The summed E-state index contributed by atoms with van der Waals surface area (Å²) in [5.74, 6) is 0.709. The Bertz CT molecular complexity index is 537. The molecule has 2 rings (SSSR count). The Labute approximate surface area is 123 Å². The summed E-state index contributed by atoms with van der Waals surface area (Å²) in [5, 5.41) is 8.14. The van der Waals surface area contributed by atoms with Crippen LogP contribution >= 0.6 is 11.3 Å². The average molecular weight is 289 g/mol. The second kappa shape index (κ2) is 7.05. The maximum absolute atomic E-state index is 12.1. The van der Waals surface area contributed by atoms with E-state index in [1.165, 1.54) is 4.88 Å². The van der Waals surface area contributed by atoms with E-state index in [0.717, 1.165) is 18.8 Å². The van der Waals surface area contributed by atoms with E-state index in [2.05, 4.69) is 21.7 Å². The third-order valence-electron chi connectivity index (χ3n) is 2.85. The number of carbonyl (C=O) groups is 1. The average Bonchev–Trinajstić information content (AvgIpc) is 2.92. The monoisotopic (exact) mass is 289 g/mol. The van der Waals surface area contributed by atoms with E-state index in [9.17, 15) is 4.79 Å². The second-order valence-corrected chi connectivity index (χ2v) is 5.65. The molecule has 0 aliphatic carbocycles. The molecule has 1 amide bonds. The fourth-order valence-corrected chi connectivity index (χ4v) is 2.74. The largest absolute Gasteiger partial charge is 0.370 e. The first-order chi connectivity index (χ1) is 9.69. The lowest BCUT2D eigenvalue weighted by Gasteiger charge is -2.13. The van der Waals surface area contributed by atoms with E-state index in [4.69, 9.17) is 0 Å². The number of hydrogen-bond donors (Lipinski definition) is 2. The molecule has 20 heavy (non-hydrogen) atoms. The summed E-state index contributed by atoms with van der Waals surface area (Å²) >= 11 is 1.71. The van der Waals surface area contributed by atoms with E-state index < -0.39 is 0 Å². The van der Waals surface area contributed by atoms with Crippen LogP contribution in [0.5, 0.6) is 0 Å². The number of anilines is 1. The third-order valence-corrected chi connectivity index (χ3v) is 3.75. The van der Waals surface area contributed by atoms with Crippen LogP contribution in [0.1, 0.15) is 29.1 Å². The Morgan fingerprint density at radius 2 is 2.25 bits per heavy atom. The van der Waals surface area contributed by atoms with Gasteiger partial charge in [0.1, 0.15) is 5.82 Å². The summed E-state index contributed by atoms with van der Waals surface area (Å²) in [6.45, 7) is 4.84. The Morgan fingerprint density at radius 3 is 2.85 bits per heavy atom. The van der Waals surface area contributed by atoms with Crippen LogP contribution in [0.15, 0.2) is 35.8 Å². The number of nitrogens with one attached hydrogen (secondary N) is 2. The lowest BCUT2D eigenvalue weighted by Crippen LogP contribution is -2.33. The molecule has 1 atom stereocenters. The normalized spacial score (nSPS) is 11.9. The molecule has 2 heterocycles. The van der Waals surface area contributed by atoms with E-state index in [1.807, 2.05) is 31.4 Å². The van der Waals surface area contributed by atoms with Crippen LogP contribution in [0.3, 0.4) is 0 Å². The molecule has 0 saturated heterocycles. The molecule has 0 spiro atoms. The highest BCUT2D eigenvalue weighted by atomic mass is 32.1.